The van der Waals surface area contributed by atoms with Crippen LogP contribution in [0.5, 0.6) is 0 Å². The van der Waals surface area contributed by atoms with Crippen molar-refractivity contribution < 1.29 is 9.59 Å². The summed E-state index contributed by atoms with van der Waals surface area (Å²) in [5.41, 5.74) is 4.31. The van der Waals surface area contributed by atoms with Gasteiger partial charge in [0.2, 0.25) is 11.8 Å². The Hall–Kier alpha value is -2.33. The minimum Gasteiger partial charge on any atom is -0.352 e. The van der Waals surface area contributed by atoms with E-state index in [9.17, 15) is 9.59 Å². The van der Waals surface area contributed by atoms with Gasteiger partial charge in [-0.15, -0.1) is 0 Å². The summed E-state index contributed by atoms with van der Waals surface area (Å²) in [5.74, 6) is -0.0802. The Labute approximate surface area is 191 Å². The molecule has 4 nitrogen and oxygen atoms in total. The summed E-state index contributed by atoms with van der Waals surface area (Å²) in [7, 11) is 0. The molecule has 3 rings (SSSR count). The summed E-state index contributed by atoms with van der Waals surface area (Å²) >= 11 is 6.04. The van der Waals surface area contributed by atoms with Gasteiger partial charge in [-0.2, -0.15) is 0 Å². The summed E-state index contributed by atoms with van der Waals surface area (Å²) in [6.07, 6.45) is 5.21. The Bertz CT molecular complexity index is 904. The second kappa shape index (κ2) is 10.8. The fourth-order valence-corrected chi connectivity index (χ4v) is 4.39. The minimum absolute atomic E-state index is 0.0355. The summed E-state index contributed by atoms with van der Waals surface area (Å²) in [4.78, 5) is 28.3. The number of nitrogens with one attached hydrogen (secondary N) is 1. The van der Waals surface area contributed by atoms with Crippen LogP contribution in [0.15, 0.2) is 42.5 Å². The van der Waals surface area contributed by atoms with Gasteiger partial charge in [0.05, 0.1) is 6.42 Å². The molecule has 0 bridgehead atoms. The quantitative estimate of drug-likeness (QED) is 0.600. The standard InChI is InChI=1S/C26H33ClN2O2/c1-4-24(26(31)28-23-7-5-6-8-23)29(17-20-11-13-22(27)14-12-20)25(30)16-21-10-9-18(2)19(3)15-21/h9-15,23-24H,4-8,16-17H2,1-3H3,(H,28,31)/t24-/m1/s1. The molecule has 1 N–H and O–H groups in total. The molecule has 2 amide bonds. The van der Waals surface area contributed by atoms with Gasteiger partial charge in [0.25, 0.3) is 0 Å². The van der Waals surface area contributed by atoms with Crippen LogP contribution in [0.2, 0.25) is 5.02 Å². The first kappa shape index (κ1) is 23.3. The number of carbonyl (C=O) groups excluding carboxylic acids is 2. The molecular weight excluding hydrogens is 408 g/mol. The molecular formula is C26H33ClN2O2. The molecule has 0 spiro atoms. The maximum atomic E-state index is 13.4. The van der Waals surface area contributed by atoms with E-state index in [2.05, 4.69) is 25.2 Å². The molecule has 0 unspecified atom stereocenters. The molecule has 166 valence electrons. The van der Waals surface area contributed by atoms with Gasteiger partial charge in [-0.3, -0.25) is 9.59 Å². The Balaban J connectivity index is 1.82. The number of carbonyl (C=O) groups is 2. The highest BCUT2D eigenvalue weighted by Gasteiger charge is 2.30. The lowest BCUT2D eigenvalue weighted by Crippen LogP contribution is -2.51. The number of hydrogen-bond acceptors (Lipinski definition) is 2. The van der Waals surface area contributed by atoms with E-state index in [1.807, 2.05) is 43.3 Å². The molecule has 5 heteroatoms. The van der Waals surface area contributed by atoms with Crippen LogP contribution in [0.4, 0.5) is 0 Å². The zero-order valence-electron chi connectivity index (χ0n) is 18.8. The van der Waals surface area contributed by atoms with E-state index in [4.69, 9.17) is 11.6 Å². The Morgan fingerprint density at radius 3 is 2.29 bits per heavy atom. The highest BCUT2D eigenvalue weighted by Crippen LogP contribution is 2.21. The Morgan fingerprint density at radius 1 is 1.03 bits per heavy atom. The van der Waals surface area contributed by atoms with Crippen molar-refractivity contribution >= 4 is 23.4 Å². The molecule has 1 aliphatic rings. The van der Waals surface area contributed by atoms with E-state index in [-0.39, 0.29) is 24.3 Å². The van der Waals surface area contributed by atoms with Crippen LogP contribution in [0, 0.1) is 13.8 Å². The number of hydrogen-bond donors (Lipinski definition) is 1. The average Bonchev–Trinajstić information content (AvgIpc) is 3.25. The predicted octanol–water partition coefficient (Wildman–Crippen LogP) is 5.37. The zero-order valence-corrected chi connectivity index (χ0v) is 19.5. The number of benzene rings is 2. The first-order valence-corrected chi connectivity index (χ1v) is 11.7. The molecule has 1 atom stereocenters. The summed E-state index contributed by atoms with van der Waals surface area (Å²) < 4.78 is 0. The number of rotatable bonds is 8. The smallest absolute Gasteiger partial charge is 0.243 e. The van der Waals surface area contributed by atoms with Gasteiger partial charge in [0.1, 0.15) is 6.04 Å². The second-order valence-corrected chi connectivity index (χ2v) is 9.09. The normalized spacial score (nSPS) is 15.0. The SMILES string of the molecule is CC[C@H](C(=O)NC1CCCC1)N(Cc1ccc(Cl)cc1)C(=O)Cc1ccc(C)c(C)c1. The topological polar surface area (TPSA) is 49.4 Å². The lowest BCUT2D eigenvalue weighted by atomic mass is 10.0. The molecule has 1 aliphatic carbocycles. The molecule has 2 aromatic rings. The van der Waals surface area contributed by atoms with Gasteiger partial charge in [0, 0.05) is 17.6 Å². The molecule has 31 heavy (non-hydrogen) atoms. The Morgan fingerprint density at radius 2 is 1.68 bits per heavy atom. The van der Waals surface area contributed by atoms with E-state index in [0.717, 1.165) is 36.8 Å². The van der Waals surface area contributed by atoms with Crippen LogP contribution >= 0.6 is 11.6 Å². The van der Waals surface area contributed by atoms with Gasteiger partial charge in [-0.1, -0.05) is 61.7 Å². The molecule has 0 aliphatic heterocycles. The van der Waals surface area contributed by atoms with Gasteiger partial charge in [-0.25, -0.2) is 0 Å². The van der Waals surface area contributed by atoms with Crippen LogP contribution in [0.3, 0.4) is 0 Å². The Kier molecular flexibility index (Phi) is 8.14. The van der Waals surface area contributed by atoms with Gasteiger partial charge < -0.3 is 10.2 Å². The van der Waals surface area contributed by atoms with E-state index >= 15 is 0 Å². The number of aryl methyl sites for hydroxylation is 2. The molecule has 0 radical (unpaired) electrons. The van der Waals surface area contributed by atoms with Crippen LogP contribution in [0.25, 0.3) is 0 Å². The molecule has 1 saturated carbocycles. The third kappa shape index (κ3) is 6.33. The van der Waals surface area contributed by atoms with Crippen LogP contribution in [-0.2, 0) is 22.6 Å². The summed E-state index contributed by atoms with van der Waals surface area (Å²) in [6.45, 7) is 6.47. The van der Waals surface area contributed by atoms with E-state index in [1.165, 1.54) is 11.1 Å². The van der Waals surface area contributed by atoms with Crippen molar-refractivity contribution in [3.05, 3.63) is 69.7 Å². The predicted molar refractivity (Wildman–Crippen MR) is 126 cm³/mol. The van der Waals surface area contributed by atoms with Crippen LogP contribution in [0.1, 0.15) is 61.3 Å². The summed E-state index contributed by atoms with van der Waals surface area (Å²) in [6, 6.07) is 13.3. The molecule has 1 fully saturated rings. The fourth-order valence-electron chi connectivity index (χ4n) is 4.26. The molecule has 2 aromatic carbocycles. The van der Waals surface area contributed by atoms with Gasteiger partial charge in [0.15, 0.2) is 0 Å². The molecule has 0 saturated heterocycles. The van der Waals surface area contributed by atoms with E-state index < -0.39 is 6.04 Å². The monoisotopic (exact) mass is 440 g/mol. The van der Waals surface area contributed by atoms with Crippen LogP contribution < -0.4 is 5.32 Å². The number of amides is 2. The van der Waals surface area contributed by atoms with E-state index in [0.29, 0.717) is 18.0 Å². The van der Waals surface area contributed by atoms with Crippen molar-refractivity contribution in [1.29, 1.82) is 0 Å². The lowest BCUT2D eigenvalue weighted by molar-refractivity contribution is -0.141. The second-order valence-electron chi connectivity index (χ2n) is 8.66. The van der Waals surface area contributed by atoms with Gasteiger partial charge in [-0.05, 0) is 67.5 Å². The maximum Gasteiger partial charge on any atom is 0.243 e. The van der Waals surface area contributed by atoms with Crippen molar-refractivity contribution in [3.63, 3.8) is 0 Å². The van der Waals surface area contributed by atoms with Crippen molar-refractivity contribution in [2.45, 2.75) is 77.9 Å². The number of halogens is 1. The number of nitrogens with zero attached hydrogens (tertiary/aromatic N) is 1. The first-order valence-electron chi connectivity index (χ1n) is 11.3. The van der Waals surface area contributed by atoms with Crippen molar-refractivity contribution in [2.75, 3.05) is 0 Å². The highest BCUT2D eigenvalue weighted by atomic mass is 35.5. The highest BCUT2D eigenvalue weighted by molar-refractivity contribution is 6.30. The van der Waals surface area contributed by atoms with Crippen molar-refractivity contribution in [1.82, 2.24) is 10.2 Å². The lowest BCUT2D eigenvalue weighted by Gasteiger charge is -2.31. The van der Waals surface area contributed by atoms with Crippen molar-refractivity contribution in [2.24, 2.45) is 0 Å². The van der Waals surface area contributed by atoms with E-state index in [1.54, 1.807) is 4.90 Å². The minimum atomic E-state index is -0.490. The zero-order chi connectivity index (χ0) is 22.4. The fraction of sp³-hybridized carbons (Fsp3) is 0.462. The molecule has 0 heterocycles. The van der Waals surface area contributed by atoms with Gasteiger partial charge >= 0.3 is 0 Å². The largest absolute Gasteiger partial charge is 0.352 e. The summed E-state index contributed by atoms with van der Waals surface area (Å²) in [5, 5.41) is 3.84. The third-order valence-electron chi connectivity index (χ3n) is 6.28. The maximum absolute atomic E-state index is 13.4. The average molecular weight is 441 g/mol. The van der Waals surface area contributed by atoms with Crippen LogP contribution in [-0.4, -0.2) is 28.8 Å². The first-order chi connectivity index (χ1) is 14.9. The third-order valence-corrected chi connectivity index (χ3v) is 6.53. The van der Waals surface area contributed by atoms with Crippen molar-refractivity contribution in [3.8, 4) is 0 Å². The molecule has 0 aromatic heterocycles.